The molecule has 0 aliphatic carbocycles. The fourth-order valence-corrected chi connectivity index (χ4v) is 6.21. The topological polar surface area (TPSA) is 26.3 Å². The molecule has 0 bridgehead atoms. The van der Waals surface area contributed by atoms with Gasteiger partial charge in [0.2, 0.25) is 0 Å². The van der Waals surface area contributed by atoms with Crippen LogP contribution in [0.1, 0.15) is 181 Å². The summed E-state index contributed by atoms with van der Waals surface area (Å²) in [6.07, 6.45) is 35.3. The van der Waals surface area contributed by atoms with Crippen molar-refractivity contribution in [2.45, 2.75) is 193 Å². The molecule has 0 saturated carbocycles. The van der Waals surface area contributed by atoms with Crippen LogP contribution in [-0.4, -0.2) is 50.5 Å². The Labute approximate surface area is 248 Å². The molecule has 0 aromatic carbocycles. The van der Waals surface area contributed by atoms with Crippen LogP contribution in [0.2, 0.25) is 0 Å². The molecule has 0 aliphatic rings. The third kappa shape index (κ3) is 29.3. The van der Waals surface area contributed by atoms with Crippen LogP contribution < -0.4 is 0 Å². The van der Waals surface area contributed by atoms with Gasteiger partial charge in [-0.2, -0.15) is 0 Å². The highest BCUT2D eigenvalue weighted by Crippen LogP contribution is 2.26. The first-order valence-corrected chi connectivity index (χ1v) is 18.6. The van der Waals surface area contributed by atoms with Gasteiger partial charge < -0.3 is 9.22 Å². The largest absolute Gasteiger partial charge is 0.371 e. The number of hydrogen-bond donors (Lipinski definition) is 0. The van der Waals surface area contributed by atoms with E-state index in [1.165, 1.54) is 154 Å². The minimum absolute atomic E-state index is 0.159. The van der Waals surface area contributed by atoms with Gasteiger partial charge in [-0.25, -0.2) is 0 Å². The van der Waals surface area contributed by atoms with E-state index in [4.69, 9.17) is 4.74 Å². The molecule has 0 aliphatic heterocycles. The van der Waals surface area contributed by atoms with Gasteiger partial charge in [-0.1, -0.05) is 168 Å². The third-order valence-electron chi connectivity index (χ3n) is 8.35. The van der Waals surface area contributed by atoms with E-state index in [1.54, 1.807) is 0 Å². The van der Waals surface area contributed by atoms with E-state index in [0.29, 0.717) is 8.46 Å². The number of ether oxygens (including phenoxy) is 1. The zero-order valence-corrected chi connectivity index (χ0v) is 28.6. The van der Waals surface area contributed by atoms with Crippen LogP contribution in [0.5, 0.6) is 0 Å². The minimum atomic E-state index is 0.159. The Morgan fingerprint density at radius 1 is 0.513 bits per heavy atom. The van der Waals surface area contributed by atoms with Gasteiger partial charge in [0.15, 0.2) is 8.46 Å². The summed E-state index contributed by atoms with van der Waals surface area (Å²) >= 11 is 0. The second kappa shape index (κ2) is 29.5. The van der Waals surface area contributed by atoms with Crippen molar-refractivity contribution < 1.29 is 13.8 Å². The van der Waals surface area contributed by atoms with Crippen molar-refractivity contribution in [1.29, 1.82) is 0 Å². The van der Waals surface area contributed by atoms with E-state index in [-0.39, 0.29) is 11.8 Å². The van der Waals surface area contributed by atoms with Crippen LogP contribution in [0, 0.1) is 0 Å². The van der Waals surface area contributed by atoms with Gasteiger partial charge in [-0.3, -0.25) is 4.57 Å². The Bertz CT molecular complexity index is 494. The van der Waals surface area contributed by atoms with Crippen molar-refractivity contribution in [3.8, 4) is 0 Å². The van der Waals surface area contributed by atoms with E-state index in [0.717, 1.165) is 30.5 Å². The molecule has 0 saturated heterocycles. The molecule has 0 fully saturated rings. The SMILES string of the molecule is CCCCCCCCCCCCCCC(OCC[N+](C)(C)C)C(CCCCCCCCCCCCCC)P=O. The van der Waals surface area contributed by atoms with Gasteiger partial charge in [0, 0.05) is 0 Å². The molecule has 0 rings (SSSR count). The third-order valence-corrected chi connectivity index (χ3v) is 9.22. The zero-order valence-electron chi connectivity index (χ0n) is 27.7. The highest BCUT2D eigenvalue weighted by molar-refractivity contribution is 7.24. The summed E-state index contributed by atoms with van der Waals surface area (Å²) in [5.74, 6) is 0. The van der Waals surface area contributed by atoms with Crippen molar-refractivity contribution in [1.82, 2.24) is 0 Å². The molecule has 0 aromatic heterocycles. The molecule has 2 atom stereocenters. The van der Waals surface area contributed by atoms with Crippen molar-refractivity contribution in [3.63, 3.8) is 0 Å². The maximum absolute atomic E-state index is 12.2. The summed E-state index contributed by atoms with van der Waals surface area (Å²) in [4.78, 5) is 0. The Balaban J connectivity index is 4.09. The van der Waals surface area contributed by atoms with Gasteiger partial charge in [0.05, 0.1) is 39.5 Å². The maximum Gasteiger partial charge on any atom is 0.161 e. The fraction of sp³-hybridized carbons (Fsp3) is 1.00. The fourth-order valence-electron chi connectivity index (χ4n) is 5.55. The van der Waals surface area contributed by atoms with Gasteiger partial charge in [0.25, 0.3) is 0 Å². The maximum atomic E-state index is 12.2. The van der Waals surface area contributed by atoms with E-state index in [9.17, 15) is 4.57 Å². The standard InChI is InChI=1S/C35H73NO2P/c1-6-8-10-12-14-16-18-20-22-24-26-28-30-34(38-33-32-36(3,4)5)35(39-37)31-29-27-25-23-21-19-17-15-13-11-9-7-2/h34-35H,6-33H2,1-5H3/q+1. The Hall–Kier alpha value is 0.0200. The Morgan fingerprint density at radius 3 is 1.18 bits per heavy atom. The number of likely N-dealkylation sites (N-methyl/N-ethyl adjacent to an activating group) is 1. The molecule has 0 N–H and O–H groups in total. The summed E-state index contributed by atoms with van der Waals surface area (Å²) in [5, 5.41) is 0. The number of unbranched alkanes of at least 4 members (excludes halogenated alkanes) is 22. The van der Waals surface area contributed by atoms with Gasteiger partial charge in [-0.05, 0) is 12.8 Å². The second-order valence-corrected chi connectivity index (χ2v) is 14.3. The second-order valence-electron chi connectivity index (χ2n) is 13.5. The quantitative estimate of drug-likeness (QED) is 0.0457. The zero-order chi connectivity index (χ0) is 28.9. The van der Waals surface area contributed by atoms with Crippen molar-refractivity contribution in [2.75, 3.05) is 34.3 Å². The lowest BCUT2D eigenvalue weighted by Gasteiger charge is -2.27. The minimum Gasteiger partial charge on any atom is -0.371 e. The summed E-state index contributed by atoms with van der Waals surface area (Å²) in [7, 11) is 6.96. The first-order chi connectivity index (χ1) is 18.9. The average molecular weight is 571 g/mol. The molecule has 0 spiro atoms. The lowest BCUT2D eigenvalue weighted by atomic mass is 10.0. The molecule has 4 heteroatoms. The monoisotopic (exact) mass is 571 g/mol. The van der Waals surface area contributed by atoms with Crippen LogP contribution in [0.4, 0.5) is 0 Å². The van der Waals surface area contributed by atoms with Crippen molar-refractivity contribution >= 4 is 8.46 Å². The lowest BCUT2D eigenvalue weighted by Crippen LogP contribution is -2.39. The van der Waals surface area contributed by atoms with Crippen LogP contribution in [-0.2, 0) is 9.30 Å². The molecule has 39 heavy (non-hydrogen) atoms. The van der Waals surface area contributed by atoms with E-state index >= 15 is 0 Å². The molecule has 3 nitrogen and oxygen atoms in total. The molecular formula is C35H73NO2P+. The first kappa shape index (κ1) is 39.0. The van der Waals surface area contributed by atoms with E-state index in [2.05, 4.69) is 35.0 Å². The van der Waals surface area contributed by atoms with Gasteiger partial charge in [-0.15, -0.1) is 0 Å². The van der Waals surface area contributed by atoms with Crippen LogP contribution >= 0.6 is 8.46 Å². The van der Waals surface area contributed by atoms with Crippen molar-refractivity contribution in [3.05, 3.63) is 0 Å². The predicted octanol–water partition coefficient (Wildman–Crippen LogP) is 11.9. The predicted molar refractivity (Wildman–Crippen MR) is 175 cm³/mol. The highest BCUT2D eigenvalue weighted by atomic mass is 31.1. The summed E-state index contributed by atoms with van der Waals surface area (Å²) in [6.45, 7) is 6.37. The Morgan fingerprint density at radius 2 is 0.846 bits per heavy atom. The average Bonchev–Trinajstić information content (AvgIpc) is 2.90. The van der Waals surface area contributed by atoms with Crippen LogP contribution in [0.15, 0.2) is 0 Å². The first-order valence-electron chi connectivity index (χ1n) is 17.7. The smallest absolute Gasteiger partial charge is 0.161 e. The molecule has 2 unspecified atom stereocenters. The number of nitrogens with zero attached hydrogens (tertiary/aromatic N) is 1. The summed E-state index contributed by atoms with van der Waals surface area (Å²) < 4.78 is 19.5. The molecule has 0 radical (unpaired) electrons. The summed E-state index contributed by atoms with van der Waals surface area (Å²) in [6, 6.07) is 0. The highest BCUT2D eigenvalue weighted by Gasteiger charge is 2.23. The number of quaternary nitrogens is 1. The molecular weight excluding hydrogens is 497 g/mol. The van der Waals surface area contributed by atoms with Crippen LogP contribution in [0.3, 0.4) is 0 Å². The van der Waals surface area contributed by atoms with E-state index < -0.39 is 0 Å². The Kier molecular flexibility index (Phi) is 29.5. The number of hydrogen-bond acceptors (Lipinski definition) is 2. The molecule has 0 aromatic rings. The summed E-state index contributed by atoms with van der Waals surface area (Å²) in [5.41, 5.74) is 0.174. The van der Waals surface area contributed by atoms with E-state index in [1.807, 2.05) is 0 Å². The van der Waals surface area contributed by atoms with Gasteiger partial charge in [0.1, 0.15) is 6.54 Å². The molecule has 234 valence electrons. The van der Waals surface area contributed by atoms with Crippen LogP contribution in [0.25, 0.3) is 0 Å². The normalized spacial score (nSPS) is 13.8. The van der Waals surface area contributed by atoms with Crippen molar-refractivity contribution in [2.24, 2.45) is 0 Å². The number of rotatable bonds is 32. The lowest BCUT2D eigenvalue weighted by molar-refractivity contribution is -0.870. The molecule has 0 heterocycles. The molecule has 0 amide bonds. The van der Waals surface area contributed by atoms with Gasteiger partial charge >= 0.3 is 0 Å².